The summed E-state index contributed by atoms with van der Waals surface area (Å²) in [6, 6.07) is 9.61. The number of nitrogens with zero attached hydrogens (tertiary/aromatic N) is 2. The zero-order chi connectivity index (χ0) is 15.2. The molecule has 0 amide bonds. The van der Waals surface area contributed by atoms with Gasteiger partial charge in [-0.15, -0.1) is 5.73 Å². The highest BCUT2D eigenvalue weighted by molar-refractivity contribution is 5.88. The third-order valence-electron chi connectivity index (χ3n) is 3.35. The van der Waals surface area contributed by atoms with Crippen LogP contribution in [0.15, 0.2) is 48.7 Å². The lowest BCUT2D eigenvalue weighted by Gasteiger charge is -2.06. The van der Waals surface area contributed by atoms with Crippen LogP contribution in [0.2, 0.25) is 0 Å². The number of imidazole rings is 1. The van der Waals surface area contributed by atoms with E-state index in [1.54, 1.807) is 0 Å². The highest BCUT2D eigenvalue weighted by Gasteiger charge is 2.20. The van der Waals surface area contributed by atoms with Gasteiger partial charge < -0.3 is 9.67 Å². The van der Waals surface area contributed by atoms with Gasteiger partial charge >= 0.3 is 5.97 Å². The molecule has 1 heterocycles. The van der Waals surface area contributed by atoms with Crippen LogP contribution in [0.3, 0.4) is 0 Å². The molecule has 21 heavy (non-hydrogen) atoms. The molecule has 0 radical (unpaired) electrons. The van der Waals surface area contributed by atoms with Gasteiger partial charge in [0.2, 0.25) is 0 Å². The smallest absolute Gasteiger partial charge is 0.356 e. The van der Waals surface area contributed by atoms with E-state index in [0.717, 1.165) is 24.1 Å². The van der Waals surface area contributed by atoms with Crippen molar-refractivity contribution in [2.45, 2.75) is 19.3 Å². The van der Waals surface area contributed by atoms with Crippen molar-refractivity contribution >= 4 is 5.97 Å². The van der Waals surface area contributed by atoms with Crippen LogP contribution in [0, 0.1) is 0 Å². The topological polar surface area (TPSA) is 55.1 Å². The van der Waals surface area contributed by atoms with Crippen LogP contribution in [0.4, 0.5) is 0 Å². The Morgan fingerprint density at radius 1 is 1.43 bits per heavy atom. The second-order valence-corrected chi connectivity index (χ2v) is 4.76. The molecule has 0 aliphatic carbocycles. The van der Waals surface area contributed by atoms with Gasteiger partial charge in [-0.05, 0) is 25.3 Å². The fourth-order valence-electron chi connectivity index (χ4n) is 2.31. The van der Waals surface area contributed by atoms with Crippen molar-refractivity contribution in [1.82, 2.24) is 9.55 Å². The van der Waals surface area contributed by atoms with E-state index in [9.17, 15) is 9.90 Å². The summed E-state index contributed by atoms with van der Waals surface area (Å²) in [7, 11) is 1.86. The average Bonchev–Trinajstić information content (AvgIpc) is 2.82. The Morgan fingerprint density at radius 2 is 2.14 bits per heavy atom. The van der Waals surface area contributed by atoms with Gasteiger partial charge in [-0.2, -0.15) is 0 Å². The molecule has 1 aromatic carbocycles. The van der Waals surface area contributed by atoms with E-state index in [4.69, 9.17) is 0 Å². The average molecular weight is 282 g/mol. The quantitative estimate of drug-likeness (QED) is 0.652. The van der Waals surface area contributed by atoms with Gasteiger partial charge in [-0.25, -0.2) is 9.78 Å². The first-order valence-electron chi connectivity index (χ1n) is 6.83. The summed E-state index contributed by atoms with van der Waals surface area (Å²) >= 11 is 0. The number of rotatable bonds is 6. The van der Waals surface area contributed by atoms with Crippen molar-refractivity contribution in [3.05, 3.63) is 60.1 Å². The van der Waals surface area contributed by atoms with Crippen molar-refractivity contribution < 1.29 is 9.90 Å². The third-order valence-corrected chi connectivity index (χ3v) is 3.35. The van der Waals surface area contributed by atoms with Crippen LogP contribution in [-0.2, 0) is 13.5 Å². The molecule has 0 unspecified atom stereocenters. The summed E-state index contributed by atoms with van der Waals surface area (Å²) in [5, 5.41) is 9.35. The molecular formula is C17H18N2O2. The van der Waals surface area contributed by atoms with Gasteiger partial charge in [0, 0.05) is 12.6 Å². The molecule has 4 heteroatoms. The Kier molecular flexibility index (Phi) is 4.75. The van der Waals surface area contributed by atoms with Crippen molar-refractivity contribution in [1.29, 1.82) is 0 Å². The Bertz CT molecular complexity index is 680. The van der Waals surface area contributed by atoms with Crippen LogP contribution in [0.5, 0.6) is 0 Å². The normalized spacial score (nSPS) is 10.1. The molecule has 1 aromatic heterocycles. The minimum atomic E-state index is -0.984. The van der Waals surface area contributed by atoms with E-state index < -0.39 is 5.97 Å². The van der Waals surface area contributed by atoms with Crippen LogP contribution in [-0.4, -0.2) is 20.6 Å². The molecule has 108 valence electrons. The first kappa shape index (κ1) is 14.8. The van der Waals surface area contributed by atoms with E-state index in [2.05, 4.69) is 17.3 Å². The van der Waals surface area contributed by atoms with E-state index in [-0.39, 0.29) is 5.69 Å². The van der Waals surface area contributed by atoms with Crippen molar-refractivity contribution in [3.63, 3.8) is 0 Å². The molecule has 2 aromatic rings. The number of carboxylic acids is 1. The minimum absolute atomic E-state index is 0.138. The van der Waals surface area contributed by atoms with Crippen LogP contribution < -0.4 is 0 Å². The van der Waals surface area contributed by atoms with Gasteiger partial charge in [0.1, 0.15) is 5.82 Å². The number of hydrogen-bond donors (Lipinski definition) is 1. The van der Waals surface area contributed by atoms with E-state index in [1.165, 1.54) is 0 Å². The molecule has 0 aliphatic rings. The zero-order valence-corrected chi connectivity index (χ0v) is 12.0. The molecule has 0 saturated heterocycles. The molecule has 0 atom stereocenters. The molecule has 4 nitrogen and oxygen atoms in total. The van der Waals surface area contributed by atoms with Crippen molar-refractivity contribution in [2.75, 3.05) is 0 Å². The molecule has 0 bridgehead atoms. The Morgan fingerprint density at radius 3 is 2.76 bits per heavy atom. The van der Waals surface area contributed by atoms with Gasteiger partial charge in [0.05, 0.1) is 5.69 Å². The predicted octanol–water partition coefficient (Wildman–Crippen LogP) is 3.45. The standard InChI is InChI=1S/C17H18N2O2/c1-3-4-5-9-12-14-15(17(20)21)18-16(19(14)2)13-10-7-6-8-11-13/h4,6-8,10-11H,1,5,9,12H2,2H3,(H,20,21). The maximum Gasteiger partial charge on any atom is 0.356 e. The van der Waals surface area contributed by atoms with Gasteiger partial charge in [0.15, 0.2) is 5.69 Å². The van der Waals surface area contributed by atoms with Gasteiger partial charge in [0.25, 0.3) is 0 Å². The Labute approximate surface area is 124 Å². The molecule has 0 spiro atoms. The number of carbonyl (C=O) groups is 1. The summed E-state index contributed by atoms with van der Waals surface area (Å²) in [5.74, 6) is -0.302. The molecule has 0 saturated carbocycles. The Hall–Kier alpha value is -2.58. The largest absolute Gasteiger partial charge is 0.476 e. The van der Waals surface area contributed by atoms with Crippen molar-refractivity contribution in [2.24, 2.45) is 7.05 Å². The fourth-order valence-corrected chi connectivity index (χ4v) is 2.31. The lowest BCUT2D eigenvalue weighted by molar-refractivity contribution is 0.0689. The van der Waals surface area contributed by atoms with Gasteiger partial charge in [-0.3, -0.25) is 0 Å². The summed E-state index contributed by atoms with van der Waals surface area (Å²) in [6.45, 7) is 3.52. The summed E-state index contributed by atoms with van der Waals surface area (Å²) in [6.07, 6.45) is 4.19. The highest BCUT2D eigenvalue weighted by atomic mass is 16.4. The van der Waals surface area contributed by atoms with Crippen LogP contribution in [0.1, 0.15) is 29.0 Å². The number of unbranched alkanes of at least 4 members (excludes halogenated alkanes) is 1. The number of benzene rings is 1. The second kappa shape index (κ2) is 6.73. The number of aromatic carboxylic acids is 1. The summed E-state index contributed by atoms with van der Waals surface area (Å²) < 4.78 is 1.87. The molecule has 0 fully saturated rings. The number of aromatic nitrogens is 2. The van der Waals surface area contributed by atoms with E-state index in [0.29, 0.717) is 12.2 Å². The first-order valence-corrected chi connectivity index (χ1v) is 6.83. The second-order valence-electron chi connectivity index (χ2n) is 4.76. The maximum absolute atomic E-state index is 11.4. The molecule has 0 aliphatic heterocycles. The fraction of sp³-hybridized carbons (Fsp3) is 0.235. The SMILES string of the molecule is C=C=CCCCc1c(C(=O)O)nc(-c2ccccc2)n1C. The highest BCUT2D eigenvalue weighted by Crippen LogP contribution is 2.22. The lowest BCUT2D eigenvalue weighted by Crippen LogP contribution is -2.05. The maximum atomic E-state index is 11.4. The Balaban J connectivity index is 2.37. The predicted molar refractivity (Wildman–Crippen MR) is 82.3 cm³/mol. The number of allylic oxidation sites excluding steroid dienone is 1. The van der Waals surface area contributed by atoms with Crippen LogP contribution >= 0.6 is 0 Å². The third kappa shape index (κ3) is 3.30. The number of carboxylic acid groups (broad SMARTS) is 1. The molecule has 1 N–H and O–H groups in total. The monoisotopic (exact) mass is 282 g/mol. The summed E-state index contributed by atoms with van der Waals surface area (Å²) in [4.78, 5) is 15.7. The van der Waals surface area contributed by atoms with E-state index >= 15 is 0 Å². The van der Waals surface area contributed by atoms with E-state index in [1.807, 2.05) is 48.0 Å². The lowest BCUT2D eigenvalue weighted by atomic mass is 10.1. The summed E-state index contributed by atoms with van der Waals surface area (Å²) in [5.41, 5.74) is 4.53. The molecular weight excluding hydrogens is 264 g/mol. The molecule has 2 rings (SSSR count). The minimum Gasteiger partial charge on any atom is -0.476 e. The zero-order valence-electron chi connectivity index (χ0n) is 12.0. The van der Waals surface area contributed by atoms with Crippen LogP contribution in [0.25, 0.3) is 11.4 Å². The van der Waals surface area contributed by atoms with Crippen molar-refractivity contribution in [3.8, 4) is 11.4 Å². The van der Waals surface area contributed by atoms with Gasteiger partial charge in [-0.1, -0.05) is 36.9 Å². The first-order chi connectivity index (χ1) is 10.1. The number of hydrogen-bond acceptors (Lipinski definition) is 2.